The molecule has 110 valence electrons. The van der Waals surface area contributed by atoms with Crippen molar-refractivity contribution in [2.45, 2.75) is 64.0 Å². The first-order valence-corrected chi connectivity index (χ1v) is 7.68. The van der Waals surface area contributed by atoms with Gasteiger partial charge in [-0.1, -0.05) is 0 Å². The molecule has 2 atom stereocenters. The zero-order valence-electron chi connectivity index (χ0n) is 11.6. The molecule has 0 aliphatic heterocycles. The third kappa shape index (κ3) is 2.54. The standard InChI is InChI=1S/C15H25F2NO/c1-9(18-8-13(19)14(16)17)15-5-10-2-11(6-15)4-12(3-10)7-15/h9-14,18-19H,2-8H2,1H3. The first-order valence-electron chi connectivity index (χ1n) is 7.68. The van der Waals surface area contributed by atoms with Crippen molar-refractivity contribution in [3.63, 3.8) is 0 Å². The first-order chi connectivity index (χ1) is 8.98. The summed E-state index contributed by atoms with van der Waals surface area (Å²) < 4.78 is 24.7. The molecule has 0 aromatic heterocycles. The molecule has 4 bridgehead atoms. The number of hydrogen-bond donors (Lipinski definition) is 2. The predicted molar refractivity (Wildman–Crippen MR) is 70.1 cm³/mol. The Morgan fingerprint density at radius 2 is 1.58 bits per heavy atom. The minimum atomic E-state index is -2.64. The molecular weight excluding hydrogens is 248 g/mol. The molecule has 0 aromatic carbocycles. The van der Waals surface area contributed by atoms with Crippen LogP contribution in [0, 0.1) is 23.2 Å². The summed E-state index contributed by atoms with van der Waals surface area (Å²) in [5.41, 5.74) is 0.316. The molecule has 2 unspecified atom stereocenters. The predicted octanol–water partition coefficient (Wildman–Crippen LogP) is 2.81. The summed E-state index contributed by atoms with van der Waals surface area (Å²) in [6.07, 6.45) is 3.80. The van der Waals surface area contributed by atoms with Gasteiger partial charge in [-0.2, -0.15) is 0 Å². The maximum absolute atomic E-state index is 12.4. The van der Waals surface area contributed by atoms with Crippen LogP contribution in [-0.2, 0) is 0 Å². The second-order valence-corrected chi connectivity index (χ2v) is 7.31. The average Bonchev–Trinajstić information content (AvgIpc) is 2.33. The minimum Gasteiger partial charge on any atom is -0.386 e. The summed E-state index contributed by atoms with van der Waals surface area (Å²) in [6, 6.07) is 0.245. The quantitative estimate of drug-likeness (QED) is 0.807. The Balaban J connectivity index is 1.61. The van der Waals surface area contributed by atoms with E-state index in [1.807, 2.05) is 0 Å². The molecule has 0 heterocycles. The first kappa shape index (κ1) is 13.7. The van der Waals surface area contributed by atoms with E-state index in [2.05, 4.69) is 12.2 Å². The molecule has 0 aromatic rings. The highest BCUT2D eigenvalue weighted by Gasteiger charge is 2.52. The molecule has 4 heteroatoms. The van der Waals surface area contributed by atoms with Gasteiger partial charge in [0.15, 0.2) is 0 Å². The van der Waals surface area contributed by atoms with E-state index in [0.717, 1.165) is 17.8 Å². The van der Waals surface area contributed by atoms with Crippen molar-refractivity contribution in [2.24, 2.45) is 23.2 Å². The van der Waals surface area contributed by atoms with Crippen molar-refractivity contribution in [1.29, 1.82) is 0 Å². The molecular formula is C15H25F2NO. The van der Waals surface area contributed by atoms with Gasteiger partial charge in [-0.3, -0.25) is 0 Å². The lowest BCUT2D eigenvalue weighted by Crippen LogP contribution is -2.55. The molecule has 0 radical (unpaired) electrons. The molecule has 4 fully saturated rings. The SMILES string of the molecule is CC(NCC(O)C(F)F)C12CC3CC(CC(C3)C1)C2. The van der Waals surface area contributed by atoms with Gasteiger partial charge >= 0.3 is 0 Å². The molecule has 2 N–H and O–H groups in total. The van der Waals surface area contributed by atoms with E-state index in [1.54, 1.807) is 0 Å². The average molecular weight is 273 g/mol. The Hall–Kier alpha value is -0.220. The second kappa shape index (κ2) is 4.96. The number of rotatable bonds is 5. The van der Waals surface area contributed by atoms with Crippen molar-refractivity contribution in [1.82, 2.24) is 5.32 Å². The molecule has 2 nitrogen and oxygen atoms in total. The molecule has 4 saturated carbocycles. The smallest absolute Gasteiger partial charge is 0.265 e. The molecule has 4 aliphatic carbocycles. The molecule has 0 amide bonds. The Labute approximate surface area is 114 Å². The van der Waals surface area contributed by atoms with Gasteiger partial charge in [0.25, 0.3) is 6.43 Å². The van der Waals surface area contributed by atoms with E-state index >= 15 is 0 Å². The van der Waals surface area contributed by atoms with E-state index in [9.17, 15) is 13.9 Å². The number of hydrogen-bond acceptors (Lipinski definition) is 2. The van der Waals surface area contributed by atoms with E-state index in [1.165, 1.54) is 38.5 Å². The van der Waals surface area contributed by atoms with Crippen LogP contribution in [0.25, 0.3) is 0 Å². The van der Waals surface area contributed by atoms with Crippen LogP contribution in [0.4, 0.5) is 8.78 Å². The van der Waals surface area contributed by atoms with Gasteiger partial charge in [0, 0.05) is 12.6 Å². The summed E-state index contributed by atoms with van der Waals surface area (Å²) >= 11 is 0. The zero-order chi connectivity index (χ0) is 13.6. The highest BCUT2D eigenvalue weighted by Crippen LogP contribution is 2.61. The number of halogens is 2. The van der Waals surface area contributed by atoms with Gasteiger partial charge in [0.1, 0.15) is 6.10 Å². The van der Waals surface area contributed by atoms with E-state index in [0.29, 0.717) is 5.41 Å². The molecule has 0 saturated heterocycles. The lowest BCUT2D eigenvalue weighted by molar-refractivity contribution is -0.0745. The van der Waals surface area contributed by atoms with Crippen molar-refractivity contribution in [3.8, 4) is 0 Å². The van der Waals surface area contributed by atoms with Crippen molar-refractivity contribution in [2.75, 3.05) is 6.54 Å². The number of alkyl halides is 2. The van der Waals surface area contributed by atoms with Crippen LogP contribution >= 0.6 is 0 Å². The van der Waals surface area contributed by atoms with Gasteiger partial charge in [-0.05, 0) is 68.6 Å². The van der Waals surface area contributed by atoms with Crippen molar-refractivity contribution in [3.05, 3.63) is 0 Å². The van der Waals surface area contributed by atoms with Crippen LogP contribution in [0.1, 0.15) is 45.4 Å². The Bertz CT molecular complexity index is 299. The highest BCUT2D eigenvalue weighted by molar-refractivity contribution is 5.05. The van der Waals surface area contributed by atoms with Crippen LogP contribution in [0.3, 0.4) is 0 Å². The summed E-state index contributed by atoms with van der Waals surface area (Å²) in [5.74, 6) is 2.61. The fourth-order valence-corrected chi connectivity index (χ4v) is 5.31. The van der Waals surface area contributed by atoms with E-state index in [4.69, 9.17) is 0 Å². The van der Waals surface area contributed by atoms with E-state index < -0.39 is 12.5 Å². The minimum absolute atomic E-state index is 0.0145. The van der Waals surface area contributed by atoms with Crippen LogP contribution in [0.2, 0.25) is 0 Å². The van der Waals surface area contributed by atoms with E-state index in [-0.39, 0.29) is 12.6 Å². The summed E-state index contributed by atoms with van der Waals surface area (Å²) in [7, 11) is 0. The zero-order valence-corrected chi connectivity index (χ0v) is 11.6. The Morgan fingerprint density at radius 1 is 1.11 bits per heavy atom. The maximum atomic E-state index is 12.4. The molecule has 4 aliphatic rings. The highest BCUT2D eigenvalue weighted by atomic mass is 19.3. The molecule has 19 heavy (non-hydrogen) atoms. The van der Waals surface area contributed by atoms with Crippen LogP contribution in [0.15, 0.2) is 0 Å². The van der Waals surface area contributed by atoms with Gasteiger partial charge in [-0.15, -0.1) is 0 Å². The monoisotopic (exact) mass is 273 g/mol. The topological polar surface area (TPSA) is 32.3 Å². The van der Waals surface area contributed by atoms with Gasteiger partial charge in [0.05, 0.1) is 0 Å². The van der Waals surface area contributed by atoms with Crippen LogP contribution in [0.5, 0.6) is 0 Å². The fraction of sp³-hybridized carbons (Fsp3) is 1.00. The van der Waals surface area contributed by atoms with Gasteiger partial charge in [0.2, 0.25) is 0 Å². The lowest BCUT2D eigenvalue weighted by atomic mass is 9.48. The third-order valence-corrected chi connectivity index (χ3v) is 5.93. The molecule has 4 rings (SSSR count). The van der Waals surface area contributed by atoms with Gasteiger partial charge in [-0.25, -0.2) is 8.78 Å². The van der Waals surface area contributed by atoms with Crippen molar-refractivity contribution >= 4 is 0 Å². The van der Waals surface area contributed by atoms with Crippen LogP contribution < -0.4 is 5.32 Å². The number of nitrogens with one attached hydrogen (secondary N) is 1. The summed E-state index contributed by atoms with van der Waals surface area (Å²) in [6.45, 7) is 2.14. The lowest BCUT2D eigenvalue weighted by Gasteiger charge is -2.59. The summed E-state index contributed by atoms with van der Waals surface area (Å²) in [5, 5.41) is 12.4. The maximum Gasteiger partial charge on any atom is 0.265 e. The van der Waals surface area contributed by atoms with Gasteiger partial charge < -0.3 is 10.4 Å². The van der Waals surface area contributed by atoms with Crippen molar-refractivity contribution < 1.29 is 13.9 Å². The molecule has 0 spiro atoms. The van der Waals surface area contributed by atoms with Crippen LogP contribution in [-0.4, -0.2) is 30.2 Å². The third-order valence-electron chi connectivity index (χ3n) is 5.93. The second-order valence-electron chi connectivity index (χ2n) is 7.31. The Kier molecular flexibility index (Phi) is 3.59. The number of aliphatic hydroxyl groups is 1. The fourth-order valence-electron chi connectivity index (χ4n) is 5.31. The largest absolute Gasteiger partial charge is 0.386 e. The Morgan fingerprint density at radius 3 is 2.00 bits per heavy atom. The normalized spacial score (nSPS) is 43.7. The number of aliphatic hydroxyl groups excluding tert-OH is 1. The summed E-state index contributed by atoms with van der Waals surface area (Å²) in [4.78, 5) is 0.